The molecule has 3 rings (SSSR count). The summed E-state index contributed by atoms with van der Waals surface area (Å²) >= 11 is 2.95. The molecular formula is C19H18N4O2S2. The fraction of sp³-hybridized carbons (Fsp3) is 0.158. The van der Waals surface area contributed by atoms with Crippen molar-refractivity contribution < 1.29 is 9.59 Å². The van der Waals surface area contributed by atoms with Gasteiger partial charge in [0.1, 0.15) is 0 Å². The Morgan fingerprint density at radius 2 is 1.70 bits per heavy atom. The number of amides is 2. The van der Waals surface area contributed by atoms with E-state index in [-0.39, 0.29) is 18.2 Å². The Balaban J connectivity index is 1.49. The van der Waals surface area contributed by atoms with Crippen LogP contribution in [0, 0.1) is 0 Å². The maximum absolute atomic E-state index is 12.2. The number of anilines is 2. The predicted molar refractivity (Wildman–Crippen MR) is 109 cm³/mol. The first-order valence-electron chi connectivity index (χ1n) is 8.25. The van der Waals surface area contributed by atoms with E-state index in [1.807, 2.05) is 30.3 Å². The fourth-order valence-corrected chi connectivity index (χ4v) is 4.02. The topological polar surface area (TPSA) is 84.0 Å². The molecule has 0 saturated carbocycles. The molecule has 0 aliphatic carbocycles. The highest BCUT2D eigenvalue weighted by Gasteiger charge is 2.10. The van der Waals surface area contributed by atoms with Gasteiger partial charge in [0.15, 0.2) is 4.34 Å². The highest BCUT2D eigenvalue weighted by molar-refractivity contribution is 8.00. The van der Waals surface area contributed by atoms with Crippen molar-refractivity contribution >= 4 is 45.7 Å². The zero-order valence-corrected chi connectivity index (χ0v) is 16.3. The van der Waals surface area contributed by atoms with Gasteiger partial charge in [0.25, 0.3) is 0 Å². The summed E-state index contributed by atoms with van der Waals surface area (Å²) in [6.07, 6.45) is 0.229. The van der Waals surface area contributed by atoms with E-state index in [0.29, 0.717) is 10.8 Å². The molecule has 1 heterocycles. The Hall–Kier alpha value is -2.71. The molecule has 0 atom stereocenters. The summed E-state index contributed by atoms with van der Waals surface area (Å²) in [7, 11) is 0. The third-order valence-corrected chi connectivity index (χ3v) is 5.54. The molecular weight excluding hydrogens is 380 g/mol. The second kappa shape index (κ2) is 9.29. The van der Waals surface area contributed by atoms with Gasteiger partial charge in [0.2, 0.25) is 16.9 Å². The Labute approximate surface area is 165 Å². The van der Waals surface area contributed by atoms with Crippen molar-refractivity contribution in [3.8, 4) is 0 Å². The van der Waals surface area contributed by atoms with Gasteiger partial charge in [0.05, 0.1) is 6.42 Å². The zero-order valence-electron chi connectivity index (χ0n) is 14.6. The average Bonchev–Trinajstić information content (AvgIpc) is 3.09. The number of hydrogen-bond donors (Lipinski definition) is 2. The third-order valence-electron chi connectivity index (χ3n) is 3.50. The monoisotopic (exact) mass is 398 g/mol. The summed E-state index contributed by atoms with van der Waals surface area (Å²) in [4.78, 5) is 23.2. The molecule has 6 nitrogen and oxygen atoms in total. The van der Waals surface area contributed by atoms with E-state index < -0.39 is 0 Å². The summed E-state index contributed by atoms with van der Waals surface area (Å²) in [5.41, 5.74) is 2.77. The van der Waals surface area contributed by atoms with Crippen LogP contribution >= 0.6 is 23.1 Å². The molecule has 0 saturated heterocycles. The molecule has 0 fully saturated rings. The second-order valence-corrected chi connectivity index (χ2v) is 7.95. The van der Waals surface area contributed by atoms with E-state index in [4.69, 9.17) is 0 Å². The van der Waals surface area contributed by atoms with Crippen molar-refractivity contribution in [1.29, 1.82) is 0 Å². The summed E-state index contributed by atoms with van der Waals surface area (Å²) < 4.78 is 0.814. The van der Waals surface area contributed by atoms with Crippen LogP contribution in [0.15, 0.2) is 58.9 Å². The first-order chi connectivity index (χ1) is 13.1. The molecule has 0 bridgehead atoms. The van der Waals surface area contributed by atoms with Crippen molar-refractivity contribution in [2.75, 3.05) is 10.6 Å². The molecule has 8 heteroatoms. The van der Waals surface area contributed by atoms with Crippen LogP contribution in [0.1, 0.15) is 18.1 Å². The number of aromatic nitrogens is 2. The number of nitrogens with one attached hydrogen (secondary N) is 2. The largest absolute Gasteiger partial charge is 0.326 e. The van der Waals surface area contributed by atoms with Gasteiger partial charge in [-0.1, -0.05) is 65.6 Å². The quantitative estimate of drug-likeness (QED) is 0.465. The molecule has 2 N–H and O–H groups in total. The standard InChI is InChI=1S/C19H18N4O2S2/c1-13(24)20-16-9-7-14(8-10-16)11-17(25)21-18-22-23-19(27-18)26-12-15-5-3-2-4-6-15/h2-10H,11-12H2,1H3,(H,20,24)(H,21,22,25). The number of thioether (sulfide) groups is 1. The van der Waals surface area contributed by atoms with Crippen molar-refractivity contribution in [3.05, 3.63) is 65.7 Å². The molecule has 3 aromatic rings. The minimum atomic E-state index is -0.155. The number of rotatable bonds is 7. The second-order valence-electron chi connectivity index (χ2n) is 5.75. The highest BCUT2D eigenvalue weighted by Crippen LogP contribution is 2.28. The molecule has 27 heavy (non-hydrogen) atoms. The number of nitrogens with zero attached hydrogens (tertiary/aromatic N) is 2. The van der Waals surface area contributed by atoms with Crippen LogP contribution < -0.4 is 10.6 Å². The molecule has 2 amide bonds. The predicted octanol–water partition coefficient (Wildman–Crippen LogP) is 3.97. The first kappa shape index (κ1) is 19.1. The van der Waals surface area contributed by atoms with Crippen LogP contribution in [0.2, 0.25) is 0 Å². The Kier molecular flexibility index (Phi) is 6.56. The summed E-state index contributed by atoms with van der Waals surface area (Å²) in [6.45, 7) is 1.45. The van der Waals surface area contributed by atoms with Gasteiger partial charge in [0, 0.05) is 18.4 Å². The normalized spacial score (nSPS) is 10.4. The summed E-state index contributed by atoms with van der Waals surface area (Å²) in [5.74, 6) is 0.528. The zero-order chi connectivity index (χ0) is 19.1. The number of carbonyl (C=O) groups excluding carboxylic acids is 2. The van der Waals surface area contributed by atoms with Crippen molar-refractivity contribution in [2.24, 2.45) is 0 Å². The lowest BCUT2D eigenvalue weighted by atomic mass is 10.1. The minimum absolute atomic E-state index is 0.127. The molecule has 138 valence electrons. The van der Waals surface area contributed by atoms with E-state index in [1.54, 1.807) is 23.9 Å². The van der Waals surface area contributed by atoms with Crippen LogP contribution in [-0.2, 0) is 21.8 Å². The lowest BCUT2D eigenvalue weighted by molar-refractivity contribution is -0.116. The Bertz CT molecular complexity index is 911. The van der Waals surface area contributed by atoms with Gasteiger partial charge in [-0.05, 0) is 23.3 Å². The van der Waals surface area contributed by atoms with Crippen LogP contribution in [0.5, 0.6) is 0 Å². The third kappa shape index (κ3) is 6.19. The Morgan fingerprint density at radius 3 is 2.41 bits per heavy atom. The SMILES string of the molecule is CC(=O)Nc1ccc(CC(=O)Nc2nnc(SCc3ccccc3)s2)cc1. The summed E-state index contributed by atoms with van der Waals surface area (Å²) in [5, 5.41) is 14.1. The first-order valence-corrected chi connectivity index (χ1v) is 10.1. The number of hydrogen-bond acceptors (Lipinski definition) is 6. The number of benzene rings is 2. The molecule has 0 unspecified atom stereocenters. The van der Waals surface area contributed by atoms with Crippen molar-refractivity contribution in [3.63, 3.8) is 0 Å². The molecule has 0 aliphatic rings. The van der Waals surface area contributed by atoms with E-state index in [1.165, 1.54) is 23.8 Å². The number of carbonyl (C=O) groups is 2. The van der Waals surface area contributed by atoms with Gasteiger partial charge in [-0.25, -0.2) is 0 Å². The minimum Gasteiger partial charge on any atom is -0.326 e. The van der Waals surface area contributed by atoms with Gasteiger partial charge in [-0.3, -0.25) is 9.59 Å². The highest BCUT2D eigenvalue weighted by atomic mass is 32.2. The smallest absolute Gasteiger partial charge is 0.230 e. The maximum atomic E-state index is 12.2. The lowest BCUT2D eigenvalue weighted by Gasteiger charge is -2.04. The van der Waals surface area contributed by atoms with Gasteiger partial charge >= 0.3 is 0 Å². The average molecular weight is 399 g/mol. The molecule has 0 radical (unpaired) electrons. The molecule has 1 aromatic heterocycles. The van der Waals surface area contributed by atoms with Crippen LogP contribution in [-0.4, -0.2) is 22.0 Å². The van der Waals surface area contributed by atoms with Crippen molar-refractivity contribution in [2.45, 2.75) is 23.4 Å². The lowest BCUT2D eigenvalue weighted by Crippen LogP contribution is -2.14. The molecule has 0 spiro atoms. The van der Waals surface area contributed by atoms with Gasteiger partial charge in [-0.15, -0.1) is 10.2 Å². The van der Waals surface area contributed by atoms with Crippen molar-refractivity contribution in [1.82, 2.24) is 10.2 Å². The summed E-state index contributed by atoms with van der Waals surface area (Å²) in [6, 6.07) is 17.3. The van der Waals surface area contributed by atoms with E-state index >= 15 is 0 Å². The van der Waals surface area contributed by atoms with E-state index in [0.717, 1.165) is 15.7 Å². The molecule has 2 aromatic carbocycles. The van der Waals surface area contributed by atoms with Gasteiger partial charge in [-0.2, -0.15) is 0 Å². The van der Waals surface area contributed by atoms with E-state index in [9.17, 15) is 9.59 Å². The maximum Gasteiger partial charge on any atom is 0.230 e. The van der Waals surface area contributed by atoms with Crippen LogP contribution in [0.25, 0.3) is 0 Å². The molecule has 0 aliphatic heterocycles. The van der Waals surface area contributed by atoms with E-state index in [2.05, 4.69) is 33.0 Å². The van der Waals surface area contributed by atoms with Crippen LogP contribution in [0.4, 0.5) is 10.8 Å². The fourth-order valence-electron chi connectivity index (χ4n) is 2.30. The van der Waals surface area contributed by atoms with Crippen LogP contribution in [0.3, 0.4) is 0 Å². The van der Waals surface area contributed by atoms with Gasteiger partial charge < -0.3 is 10.6 Å². The Morgan fingerprint density at radius 1 is 0.963 bits per heavy atom.